The second-order valence-electron chi connectivity index (χ2n) is 7.34. The van der Waals surface area contributed by atoms with Crippen molar-refractivity contribution in [2.75, 3.05) is 13.1 Å². The molecule has 10 heteroatoms. The van der Waals surface area contributed by atoms with Gasteiger partial charge in [-0.05, 0) is 49.6 Å². The van der Waals surface area contributed by atoms with Gasteiger partial charge in [-0.2, -0.15) is 8.42 Å². The average Bonchev–Trinajstić information content (AvgIpc) is 2.77. The molecule has 9 nitrogen and oxygen atoms in total. The molecule has 0 aliphatic carbocycles. The summed E-state index contributed by atoms with van der Waals surface area (Å²) in [6.07, 6.45) is 1.23. The summed E-state index contributed by atoms with van der Waals surface area (Å²) >= 11 is 0. The van der Waals surface area contributed by atoms with Crippen LogP contribution in [0.5, 0.6) is 0 Å². The van der Waals surface area contributed by atoms with Gasteiger partial charge in [0.2, 0.25) is 6.23 Å². The van der Waals surface area contributed by atoms with Gasteiger partial charge in [0.1, 0.15) is 6.61 Å². The average molecular weight is 448 g/mol. The lowest BCUT2D eigenvalue weighted by Gasteiger charge is -2.32. The number of hydrogen-bond acceptors (Lipinski definition) is 8. The third-order valence-corrected chi connectivity index (χ3v) is 6.26. The molecule has 0 spiro atoms. The fourth-order valence-corrected chi connectivity index (χ4v) is 4.24. The lowest BCUT2D eigenvalue weighted by molar-refractivity contribution is -0.384. The predicted molar refractivity (Wildman–Crippen MR) is 112 cm³/mol. The van der Waals surface area contributed by atoms with Crippen molar-refractivity contribution < 1.29 is 27.1 Å². The summed E-state index contributed by atoms with van der Waals surface area (Å²) in [5.41, 5.74) is 1.36. The Morgan fingerprint density at radius 1 is 1.06 bits per heavy atom. The third-order valence-electron chi connectivity index (χ3n) is 4.98. The number of ether oxygens (including phenoxy) is 1. The summed E-state index contributed by atoms with van der Waals surface area (Å²) in [6.45, 7) is 2.71. The molecule has 2 aromatic carbocycles. The fourth-order valence-electron chi connectivity index (χ4n) is 3.22. The lowest BCUT2D eigenvalue weighted by atomic mass is 10.1. The predicted octanol–water partition coefficient (Wildman–Crippen LogP) is 3.16. The largest absolute Gasteiger partial charge is 0.458 e. The minimum absolute atomic E-state index is 0.0386. The highest BCUT2D eigenvalue weighted by Crippen LogP contribution is 2.21. The summed E-state index contributed by atoms with van der Waals surface area (Å²) in [6, 6.07) is 11.7. The van der Waals surface area contributed by atoms with Crippen LogP contribution in [0.2, 0.25) is 0 Å². The number of nitro groups is 1. The number of aryl methyl sites for hydroxylation is 1. The highest BCUT2D eigenvalue weighted by atomic mass is 32.2. The number of carbonyl (C=O) groups is 1. The minimum atomic E-state index is -4.19. The van der Waals surface area contributed by atoms with Gasteiger partial charge in [-0.25, -0.2) is 8.98 Å². The summed E-state index contributed by atoms with van der Waals surface area (Å²) in [7, 11) is -4.19. The Labute approximate surface area is 180 Å². The molecule has 1 atom stereocenters. The Morgan fingerprint density at radius 2 is 1.68 bits per heavy atom. The third kappa shape index (κ3) is 6.09. The zero-order valence-electron chi connectivity index (χ0n) is 17.1. The topological polar surface area (TPSA) is 116 Å². The van der Waals surface area contributed by atoms with Crippen LogP contribution in [-0.4, -0.2) is 43.5 Å². The maximum absolute atomic E-state index is 12.8. The second kappa shape index (κ2) is 9.99. The van der Waals surface area contributed by atoms with E-state index in [2.05, 4.69) is 0 Å². The molecule has 0 amide bonds. The van der Waals surface area contributed by atoms with Crippen molar-refractivity contribution in [3.05, 3.63) is 69.8 Å². The molecule has 0 bridgehead atoms. The van der Waals surface area contributed by atoms with E-state index >= 15 is 0 Å². The van der Waals surface area contributed by atoms with E-state index < -0.39 is 27.2 Å². The van der Waals surface area contributed by atoms with Crippen molar-refractivity contribution in [3.8, 4) is 0 Å². The van der Waals surface area contributed by atoms with Gasteiger partial charge in [-0.15, -0.1) is 0 Å². The molecule has 0 N–H and O–H groups in total. The second-order valence-corrected chi connectivity index (χ2v) is 8.92. The number of piperidine rings is 1. The molecule has 3 rings (SSSR count). The number of non-ortho nitro benzene ring substituents is 1. The summed E-state index contributed by atoms with van der Waals surface area (Å²) in [4.78, 5) is 24.6. The van der Waals surface area contributed by atoms with E-state index in [1.165, 1.54) is 36.4 Å². The summed E-state index contributed by atoms with van der Waals surface area (Å²) in [5, 5.41) is 10.8. The van der Waals surface area contributed by atoms with Gasteiger partial charge in [0.05, 0.1) is 9.82 Å². The van der Waals surface area contributed by atoms with Gasteiger partial charge in [-0.1, -0.05) is 24.1 Å². The number of benzene rings is 2. The quantitative estimate of drug-likeness (QED) is 0.262. The number of nitrogens with zero attached hydrogens (tertiary/aromatic N) is 2. The van der Waals surface area contributed by atoms with E-state index in [9.17, 15) is 23.3 Å². The smallest absolute Gasteiger partial charge is 0.352 e. The van der Waals surface area contributed by atoms with Crippen molar-refractivity contribution in [2.45, 2.75) is 43.9 Å². The van der Waals surface area contributed by atoms with Gasteiger partial charge in [0.15, 0.2) is 0 Å². The Balaban J connectivity index is 1.73. The van der Waals surface area contributed by atoms with Crippen molar-refractivity contribution in [3.63, 3.8) is 0 Å². The Bertz CT molecular complexity index is 1010. The number of esters is 1. The lowest BCUT2D eigenvalue weighted by Crippen LogP contribution is -2.47. The van der Waals surface area contributed by atoms with Crippen LogP contribution in [-0.2, 0) is 30.4 Å². The van der Waals surface area contributed by atoms with Crippen molar-refractivity contribution in [1.29, 1.82) is 0 Å². The Kier molecular flexibility index (Phi) is 7.37. The molecule has 1 aliphatic heterocycles. The van der Waals surface area contributed by atoms with E-state index in [1.54, 1.807) is 17.0 Å². The van der Waals surface area contributed by atoms with E-state index in [4.69, 9.17) is 8.92 Å². The molecule has 1 unspecified atom stereocenters. The maximum atomic E-state index is 12.8. The van der Waals surface area contributed by atoms with Gasteiger partial charge < -0.3 is 4.74 Å². The van der Waals surface area contributed by atoms with Crippen LogP contribution in [0, 0.1) is 17.0 Å². The van der Waals surface area contributed by atoms with Gasteiger partial charge in [0, 0.05) is 25.2 Å². The molecule has 0 aromatic heterocycles. The maximum Gasteiger partial charge on any atom is 0.352 e. The molecular weight excluding hydrogens is 424 g/mol. The Hall–Kier alpha value is -2.82. The number of hydrogen-bond donors (Lipinski definition) is 0. The van der Waals surface area contributed by atoms with Crippen molar-refractivity contribution in [1.82, 2.24) is 4.90 Å². The molecular formula is C21H24N2O7S. The number of likely N-dealkylation sites (tertiary alicyclic amines) is 1. The van der Waals surface area contributed by atoms with Crippen LogP contribution in [0.15, 0.2) is 53.4 Å². The Morgan fingerprint density at radius 3 is 2.26 bits per heavy atom. The van der Waals surface area contributed by atoms with E-state index in [1.807, 2.05) is 6.92 Å². The van der Waals surface area contributed by atoms with Crippen LogP contribution in [0.4, 0.5) is 5.69 Å². The van der Waals surface area contributed by atoms with Gasteiger partial charge >= 0.3 is 5.97 Å². The number of nitro benzene ring substituents is 1. The monoisotopic (exact) mass is 448 g/mol. The standard InChI is InChI=1S/C21H24N2O7S/c1-16-5-11-19(12-6-16)31(27,28)30-20(22-13-3-2-4-14-22)21(24)29-15-17-7-9-18(10-8-17)23(25)26/h5-12,20H,2-4,13-15H2,1H3. The first-order chi connectivity index (χ1) is 14.8. The van der Waals surface area contributed by atoms with Crippen LogP contribution in [0.25, 0.3) is 0 Å². The highest BCUT2D eigenvalue weighted by molar-refractivity contribution is 7.86. The molecule has 0 saturated carbocycles. The zero-order chi connectivity index (χ0) is 22.4. The van der Waals surface area contributed by atoms with Crippen LogP contribution in [0.1, 0.15) is 30.4 Å². The highest BCUT2D eigenvalue weighted by Gasteiger charge is 2.34. The normalized spacial score (nSPS) is 15.9. The van der Waals surface area contributed by atoms with Crippen LogP contribution >= 0.6 is 0 Å². The molecule has 1 aliphatic rings. The number of carbonyl (C=O) groups excluding carboxylic acids is 1. The van der Waals surface area contributed by atoms with Crippen LogP contribution in [0.3, 0.4) is 0 Å². The van der Waals surface area contributed by atoms with Gasteiger partial charge in [0.25, 0.3) is 15.8 Å². The summed E-state index contributed by atoms with van der Waals surface area (Å²) < 4.78 is 36.2. The molecule has 1 fully saturated rings. The van der Waals surface area contributed by atoms with E-state index in [0.29, 0.717) is 18.7 Å². The molecule has 1 saturated heterocycles. The van der Waals surface area contributed by atoms with Crippen LogP contribution < -0.4 is 0 Å². The first-order valence-electron chi connectivity index (χ1n) is 9.90. The fraction of sp³-hybridized carbons (Fsp3) is 0.381. The SMILES string of the molecule is Cc1ccc(S(=O)(=O)OC(C(=O)OCc2ccc([N+](=O)[O-])cc2)N2CCCCC2)cc1. The molecule has 166 valence electrons. The molecule has 2 aromatic rings. The molecule has 31 heavy (non-hydrogen) atoms. The summed E-state index contributed by atoms with van der Waals surface area (Å²) in [5.74, 6) is -0.823. The van der Waals surface area contributed by atoms with Crippen molar-refractivity contribution >= 4 is 21.8 Å². The van der Waals surface area contributed by atoms with E-state index in [-0.39, 0.29) is 17.2 Å². The minimum Gasteiger partial charge on any atom is -0.458 e. The van der Waals surface area contributed by atoms with Crippen molar-refractivity contribution in [2.24, 2.45) is 0 Å². The zero-order valence-corrected chi connectivity index (χ0v) is 17.9. The first kappa shape index (κ1) is 22.9. The molecule has 1 heterocycles. The first-order valence-corrected chi connectivity index (χ1v) is 11.3. The molecule has 0 radical (unpaired) electrons. The van der Waals surface area contributed by atoms with E-state index in [0.717, 1.165) is 24.8 Å². The van der Waals surface area contributed by atoms with Gasteiger partial charge in [-0.3, -0.25) is 15.0 Å². The number of rotatable bonds is 8.